The van der Waals surface area contributed by atoms with Crippen LogP contribution in [0.1, 0.15) is 18.5 Å². The number of anilines is 1. The molecular weight excluding hydrogens is 407 g/mol. The average Bonchev–Trinajstić information content (AvgIpc) is 2.62. The molecule has 2 N–H and O–H groups in total. The Labute approximate surface area is 158 Å². The van der Waals surface area contributed by atoms with Crippen LogP contribution in [-0.4, -0.2) is 26.4 Å². The normalized spacial score (nSPS) is 13.7. The predicted molar refractivity (Wildman–Crippen MR) is 98.7 cm³/mol. The zero-order valence-corrected chi connectivity index (χ0v) is 15.9. The van der Waals surface area contributed by atoms with Crippen molar-refractivity contribution in [2.24, 2.45) is 0 Å². The third-order valence-corrected chi connectivity index (χ3v) is 4.56. The summed E-state index contributed by atoms with van der Waals surface area (Å²) in [4.78, 5) is 12.3. The zero-order valence-electron chi connectivity index (χ0n) is 14.3. The van der Waals surface area contributed by atoms with Crippen molar-refractivity contribution in [1.29, 1.82) is 0 Å². The molecule has 0 unspecified atom stereocenters. The number of hydrogen-bond donors (Lipinski definition) is 2. The highest BCUT2D eigenvalue weighted by atomic mass is 79.9. The van der Waals surface area contributed by atoms with Crippen LogP contribution in [-0.2, 0) is 0 Å². The SMILES string of the molecule is COc1ccc([C@H](C)NC(=O)Nc2cc3c(cc2Br)OCCO3)cc1F. The van der Waals surface area contributed by atoms with E-state index in [1.165, 1.54) is 19.2 Å². The van der Waals surface area contributed by atoms with E-state index in [1.807, 2.05) is 0 Å². The molecule has 2 aromatic carbocycles. The molecular formula is C18H18BrFN2O4. The van der Waals surface area contributed by atoms with Gasteiger partial charge in [-0.3, -0.25) is 0 Å². The number of halogens is 2. The van der Waals surface area contributed by atoms with Gasteiger partial charge < -0.3 is 24.8 Å². The van der Waals surface area contributed by atoms with Gasteiger partial charge in [-0.25, -0.2) is 9.18 Å². The number of fused-ring (bicyclic) bond motifs is 1. The second-order valence-electron chi connectivity index (χ2n) is 5.69. The smallest absolute Gasteiger partial charge is 0.319 e. The molecule has 3 rings (SSSR count). The molecule has 1 heterocycles. The number of benzene rings is 2. The van der Waals surface area contributed by atoms with Crippen molar-refractivity contribution in [3.63, 3.8) is 0 Å². The summed E-state index contributed by atoms with van der Waals surface area (Å²) in [6.07, 6.45) is 0. The summed E-state index contributed by atoms with van der Waals surface area (Å²) in [5.74, 6) is 0.871. The van der Waals surface area contributed by atoms with E-state index in [0.717, 1.165) is 0 Å². The Kier molecular flexibility index (Phi) is 5.51. The Morgan fingerprint density at radius 1 is 1.23 bits per heavy atom. The molecule has 138 valence electrons. The number of hydrogen-bond acceptors (Lipinski definition) is 4. The van der Waals surface area contributed by atoms with E-state index < -0.39 is 17.9 Å². The van der Waals surface area contributed by atoms with Gasteiger partial charge >= 0.3 is 6.03 Å². The van der Waals surface area contributed by atoms with Crippen LogP contribution in [0.15, 0.2) is 34.8 Å². The van der Waals surface area contributed by atoms with Crippen LogP contribution in [0.3, 0.4) is 0 Å². The first-order valence-electron chi connectivity index (χ1n) is 7.98. The van der Waals surface area contributed by atoms with Crippen molar-refractivity contribution in [3.05, 3.63) is 46.2 Å². The molecule has 26 heavy (non-hydrogen) atoms. The molecule has 1 aliphatic rings. The summed E-state index contributed by atoms with van der Waals surface area (Å²) in [6.45, 7) is 2.71. The van der Waals surface area contributed by atoms with Crippen molar-refractivity contribution in [3.8, 4) is 17.2 Å². The molecule has 0 bridgehead atoms. The Morgan fingerprint density at radius 2 is 1.92 bits per heavy atom. The van der Waals surface area contributed by atoms with Gasteiger partial charge in [0, 0.05) is 16.6 Å². The molecule has 8 heteroatoms. The highest BCUT2D eigenvalue weighted by Crippen LogP contribution is 2.38. The topological polar surface area (TPSA) is 68.8 Å². The summed E-state index contributed by atoms with van der Waals surface area (Å²) in [5.41, 5.74) is 1.17. The quantitative estimate of drug-likeness (QED) is 0.769. The van der Waals surface area contributed by atoms with Crippen molar-refractivity contribution in [1.82, 2.24) is 5.32 Å². The van der Waals surface area contributed by atoms with Crippen LogP contribution in [0.5, 0.6) is 17.2 Å². The van der Waals surface area contributed by atoms with Crippen molar-refractivity contribution in [2.45, 2.75) is 13.0 Å². The number of rotatable bonds is 4. The molecule has 1 atom stereocenters. The monoisotopic (exact) mass is 424 g/mol. The fraction of sp³-hybridized carbons (Fsp3) is 0.278. The maximum atomic E-state index is 13.8. The second kappa shape index (κ2) is 7.82. The van der Waals surface area contributed by atoms with Gasteiger partial charge in [-0.05, 0) is 40.5 Å². The van der Waals surface area contributed by atoms with Crippen molar-refractivity contribution < 1.29 is 23.4 Å². The number of carbonyl (C=O) groups is 1. The van der Waals surface area contributed by atoms with E-state index >= 15 is 0 Å². The van der Waals surface area contributed by atoms with Gasteiger partial charge in [0.05, 0.1) is 18.8 Å². The largest absolute Gasteiger partial charge is 0.494 e. The first-order chi connectivity index (χ1) is 12.5. The maximum absolute atomic E-state index is 13.8. The number of methoxy groups -OCH3 is 1. The molecule has 0 radical (unpaired) electrons. The number of carbonyl (C=O) groups excluding carboxylic acids is 1. The number of urea groups is 1. The van der Waals surface area contributed by atoms with E-state index in [2.05, 4.69) is 26.6 Å². The summed E-state index contributed by atoms with van der Waals surface area (Å²) in [7, 11) is 1.40. The van der Waals surface area contributed by atoms with Crippen LogP contribution in [0.25, 0.3) is 0 Å². The molecule has 0 saturated heterocycles. The van der Waals surface area contributed by atoms with Crippen LogP contribution in [0, 0.1) is 5.82 Å². The molecule has 1 aliphatic heterocycles. The third kappa shape index (κ3) is 4.01. The molecule has 0 aromatic heterocycles. The predicted octanol–water partition coefficient (Wildman–Crippen LogP) is 4.25. The molecule has 0 spiro atoms. The average molecular weight is 425 g/mol. The van der Waals surface area contributed by atoms with E-state index in [9.17, 15) is 9.18 Å². The lowest BCUT2D eigenvalue weighted by atomic mass is 10.1. The molecule has 0 saturated carbocycles. The minimum Gasteiger partial charge on any atom is -0.494 e. The first kappa shape index (κ1) is 18.3. The fourth-order valence-electron chi connectivity index (χ4n) is 2.55. The molecule has 2 amide bonds. The van der Waals surface area contributed by atoms with E-state index in [1.54, 1.807) is 25.1 Å². The molecule has 2 aromatic rings. The van der Waals surface area contributed by atoms with Crippen LogP contribution in [0.4, 0.5) is 14.9 Å². The van der Waals surface area contributed by atoms with Crippen LogP contribution >= 0.6 is 15.9 Å². The molecule has 0 aliphatic carbocycles. The lowest BCUT2D eigenvalue weighted by Crippen LogP contribution is -2.31. The Balaban J connectivity index is 1.68. The van der Waals surface area contributed by atoms with Gasteiger partial charge in [0.25, 0.3) is 0 Å². The minimum atomic E-state index is -0.478. The van der Waals surface area contributed by atoms with Gasteiger partial charge in [0.1, 0.15) is 13.2 Å². The summed E-state index contributed by atoms with van der Waals surface area (Å²) < 4.78 is 30.4. The van der Waals surface area contributed by atoms with Crippen molar-refractivity contribution in [2.75, 3.05) is 25.6 Å². The first-order valence-corrected chi connectivity index (χ1v) is 8.77. The lowest BCUT2D eigenvalue weighted by Gasteiger charge is -2.21. The Hall–Kier alpha value is -2.48. The lowest BCUT2D eigenvalue weighted by molar-refractivity contribution is 0.171. The highest BCUT2D eigenvalue weighted by Gasteiger charge is 2.17. The maximum Gasteiger partial charge on any atom is 0.319 e. The second-order valence-corrected chi connectivity index (χ2v) is 6.54. The number of nitrogens with one attached hydrogen (secondary N) is 2. The summed E-state index contributed by atoms with van der Waals surface area (Å²) in [5, 5.41) is 5.51. The van der Waals surface area contributed by atoms with Gasteiger partial charge in [0.15, 0.2) is 23.1 Å². The van der Waals surface area contributed by atoms with E-state index in [4.69, 9.17) is 14.2 Å². The van der Waals surface area contributed by atoms with Gasteiger partial charge in [-0.1, -0.05) is 6.07 Å². The summed E-state index contributed by atoms with van der Waals surface area (Å²) >= 11 is 3.40. The minimum absolute atomic E-state index is 0.158. The fourth-order valence-corrected chi connectivity index (χ4v) is 2.97. The van der Waals surface area contributed by atoms with E-state index in [0.29, 0.717) is 40.4 Å². The van der Waals surface area contributed by atoms with Crippen LogP contribution < -0.4 is 24.8 Å². The third-order valence-electron chi connectivity index (χ3n) is 3.90. The molecule has 0 fully saturated rings. The number of amides is 2. The summed E-state index contributed by atoms with van der Waals surface area (Å²) in [6, 6.07) is 7.18. The highest BCUT2D eigenvalue weighted by molar-refractivity contribution is 9.10. The van der Waals surface area contributed by atoms with Gasteiger partial charge in [-0.2, -0.15) is 0 Å². The van der Waals surface area contributed by atoms with Crippen molar-refractivity contribution >= 4 is 27.6 Å². The number of ether oxygens (including phenoxy) is 3. The molecule has 6 nitrogen and oxygen atoms in total. The standard InChI is InChI=1S/C18H18BrFN2O4/c1-10(11-3-4-15(24-2)13(20)7-11)21-18(23)22-14-9-17-16(8-12(14)19)25-5-6-26-17/h3-4,7-10H,5-6H2,1-2H3,(H2,21,22,23)/t10-/m0/s1. The van der Waals surface area contributed by atoms with Gasteiger partial charge in [0.2, 0.25) is 0 Å². The Bertz CT molecular complexity index is 831. The van der Waals surface area contributed by atoms with E-state index in [-0.39, 0.29) is 5.75 Å². The van der Waals surface area contributed by atoms with Crippen LogP contribution in [0.2, 0.25) is 0 Å². The van der Waals surface area contributed by atoms with Gasteiger partial charge in [-0.15, -0.1) is 0 Å². The zero-order chi connectivity index (χ0) is 18.7. The Morgan fingerprint density at radius 3 is 2.58 bits per heavy atom.